The topological polar surface area (TPSA) is 55.2 Å². The van der Waals surface area contributed by atoms with Gasteiger partial charge < -0.3 is 9.84 Å². The molecular formula is C14H16N2O2. The highest BCUT2D eigenvalue weighted by molar-refractivity contribution is 5.27. The van der Waals surface area contributed by atoms with Crippen LogP contribution in [0.25, 0.3) is 0 Å². The number of rotatable bonds is 5. The zero-order chi connectivity index (χ0) is 12.8. The van der Waals surface area contributed by atoms with E-state index >= 15 is 0 Å². The molecule has 0 saturated heterocycles. The van der Waals surface area contributed by atoms with Crippen molar-refractivity contribution in [3.05, 3.63) is 54.1 Å². The number of benzene rings is 1. The summed E-state index contributed by atoms with van der Waals surface area (Å²) in [5.74, 6) is 0.841. The fourth-order valence-corrected chi connectivity index (χ4v) is 1.73. The van der Waals surface area contributed by atoms with Crippen LogP contribution in [-0.2, 0) is 6.42 Å². The number of hydrogen-bond donors (Lipinski definition) is 1. The molecular weight excluding hydrogens is 228 g/mol. The van der Waals surface area contributed by atoms with Gasteiger partial charge in [0.25, 0.3) is 0 Å². The lowest BCUT2D eigenvalue weighted by atomic mass is 10.1. The first-order valence-electron chi connectivity index (χ1n) is 5.86. The molecule has 0 amide bonds. The van der Waals surface area contributed by atoms with Crippen LogP contribution in [0.4, 0.5) is 0 Å². The van der Waals surface area contributed by atoms with Crippen molar-refractivity contribution in [2.75, 3.05) is 7.11 Å². The van der Waals surface area contributed by atoms with E-state index in [1.54, 1.807) is 25.7 Å². The zero-order valence-corrected chi connectivity index (χ0v) is 10.3. The molecule has 0 aliphatic rings. The predicted molar refractivity (Wildman–Crippen MR) is 68.3 cm³/mol. The zero-order valence-electron chi connectivity index (χ0n) is 10.3. The lowest BCUT2D eigenvalue weighted by molar-refractivity contribution is 0.162. The first-order valence-corrected chi connectivity index (χ1v) is 5.86. The van der Waals surface area contributed by atoms with Gasteiger partial charge in [0.05, 0.1) is 25.1 Å². The van der Waals surface area contributed by atoms with Gasteiger partial charge in [0, 0.05) is 12.4 Å². The van der Waals surface area contributed by atoms with E-state index < -0.39 is 6.10 Å². The lowest BCUT2D eigenvalue weighted by Gasteiger charge is -2.09. The summed E-state index contributed by atoms with van der Waals surface area (Å²) in [6.45, 7) is 0. The Morgan fingerprint density at radius 2 is 2.00 bits per heavy atom. The number of aromatic nitrogens is 2. The van der Waals surface area contributed by atoms with Gasteiger partial charge in [-0.1, -0.05) is 12.1 Å². The first-order chi connectivity index (χ1) is 8.79. The molecule has 1 aromatic heterocycles. The van der Waals surface area contributed by atoms with E-state index in [0.717, 1.165) is 12.2 Å². The van der Waals surface area contributed by atoms with Crippen LogP contribution in [0.5, 0.6) is 5.75 Å². The maximum absolute atomic E-state index is 9.96. The molecule has 0 aliphatic carbocycles. The van der Waals surface area contributed by atoms with Crippen molar-refractivity contribution >= 4 is 0 Å². The molecule has 0 bridgehead atoms. The van der Waals surface area contributed by atoms with Crippen LogP contribution in [-0.4, -0.2) is 22.2 Å². The van der Waals surface area contributed by atoms with Crippen molar-refractivity contribution in [3.63, 3.8) is 0 Å². The Labute approximate surface area is 106 Å². The summed E-state index contributed by atoms with van der Waals surface area (Å²) < 4.78 is 5.10. The molecule has 0 spiro atoms. The molecule has 1 aromatic carbocycles. The van der Waals surface area contributed by atoms with Crippen LogP contribution in [0.3, 0.4) is 0 Å². The van der Waals surface area contributed by atoms with E-state index in [1.165, 1.54) is 5.56 Å². The number of methoxy groups -OCH3 is 1. The molecule has 1 heterocycles. The Balaban J connectivity index is 1.91. The molecule has 94 valence electrons. The molecule has 0 fully saturated rings. The van der Waals surface area contributed by atoms with Gasteiger partial charge in [-0.2, -0.15) is 0 Å². The third kappa shape index (κ3) is 3.28. The molecule has 18 heavy (non-hydrogen) atoms. The van der Waals surface area contributed by atoms with E-state index in [-0.39, 0.29) is 0 Å². The Hall–Kier alpha value is -1.94. The van der Waals surface area contributed by atoms with Gasteiger partial charge in [0.2, 0.25) is 0 Å². The van der Waals surface area contributed by atoms with Gasteiger partial charge in [-0.15, -0.1) is 0 Å². The largest absolute Gasteiger partial charge is 0.497 e. The van der Waals surface area contributed by atoms with E-state index in [0.29, 0.717) is 12.1 Å². The van der Waals surface area contributed by atoms with Gasteiger partial charge in [-0.25, -0.2) is 0 Å². The van der Waals surface area contributed by atoms with Gasteiger partial charge in [0.15, 0.2) is 0 Å². The summed E-state index contributed by atoms with van der Waals surface area (Å²) in [5, 5.41) is 9.96. The average Bonchev–Trinajstić information content (AvgIpc) is 2.46. The van der Waals surface area contributed by atoms with E-state index in [1.807, 2.05) is 24.3 Å². The third-order valence-electron chi connectivity index (χ3n) is 2.79. The number of hydrogen-bond acceptors (Lipinski definition) is 4. The molecule has 0 aliphatic heterocycles. The van der Waals surface area contributed by atoms with Crippen LogP contribution < -0.4 is 4.74 Å². The predicted octanol–water partition coefficient (Wildman–Crippen LogP) is 2.15. The minimum Gasteiger partial charge on any atom is -0.497 e. The van der Waals surface area contributed by atoms with E-state index in [2.05, 4.69) is 9.97 Å². The monoisotopic (exact) mass is 244 g/mol. The Morgan fingerprint density at radius 3 is 2.61 bits per heavy atom. The second-order valence-electron chi connectivity index (χ2n) is 4.03. The summed E-state index contributed by atoms with van der Waals surface area (Å²) in [6.07, 6.45) is 5.64. The normalized spacial score (nSPS) is 12.1. The van der Waals surface area contributed by atoms with Crippen molar-refractivity contribution in [3.8, 4) is 5.75 Å². The van der Waals surface area contributed by atoms with Crippen LogP contribution in [0.1, 0.15) is 23.8 Å². The summed E-state index contributed by atoms with van der Waals surface area (Å²) in [5.41, 5.74) is 1.78. The Kier molecular flexibility index (Phi) is 4.25. The molecule has 4 heteroatoms. The molecule has 4 nitrogen and oxygen atoms in total. The second kappa shape index (κ2) is 6.12. The summed E-state index contributed by atoms with van der Waals surface area (Å²) in [4.78, 5) is 8.03. The van der Waals surface area contributed by atoms with E-state index in [9.17, 15) is 5.11 Å². The van der Waals surface area contributed by atoms with Crippen LogP contribution >= 0.6 is 0 Å². The third-order valence-corrected chi connectivity index (χ3v) is 2.79. The Bertz CT molecular complexity index is 471. The molecule has 0 saturated carbocycles. The molecule has 1 N–H and O–H groups in total. The Morgan fingerprint density at radius 1 is 1.22 bits per heavy atom. The van der Waals surface area contributed by atoms with Gasteiger partial charge in [0.1, 0.15) is 5.75 Å². The smallest absolute Gasteiger partial charge is 0.118 e. The summed E-state index contributed by atoms with van der Waals surface area (Å²) in [6, 6.07) is 7.85. The number of nitrogens with zero attached hydrogens (tertiary/aromatic N) is 2. The number of aliphatic hydroxyl groups is 1. The minimum atomic E-state index is -0.569. The van der Waals surface area contributed by atoms with E-state index in [4.69, 9.17) is 4.74 Å². The van der Waals surface area contributed by atoms with Crippen molar-refractivity contribution in [1.29, 1.82) is 0 Å². The SMILES string of the molecule is COc1ccc(CCC(O)c2cnccn2)cc1. The highest BCUT2D eigenvalue weighted by atomic mass is 16.5. The van der Waals surface area contributed by atoms with Crippen molar-refractivity contribution in [2.24, 2.45) is 0 Å². The lowest BCUT2D eigenvalue weighted by Crippen LogP contribution is -2.02. The second-order valence-corrected chi connectivity index (χ2v) is 4.03. The molecule has 1 unspecified atom stereocenters. The minimum absolute atomic E-state index is 0.569. The van der Waals surface area contributed by atoms with Crippen molar-refractivity contribution in [1.82, 2.24) is 9.97 Å². The first kappa shape index (κ1) is 12.5. The molecule has 2 rings (SSSR count). The van der Waals surface area contributed by atoms with Gasteiger partial charge >= 0.3 is 0 Å². The van der Waals surface area contributed by atoms with Gasteiger partial charge in [-0.3, -0.25) is 9.97 Å². The maximum Gasteiger partial charge on any atom is 0.118 e. The fourth-order valence-electron chi connectivity index (χ4n) is 1.73. The van der Waals surface area contributed by atoms with Crippen molar-refractivity contribution in [2.45, 2.75) is 18.9 Å². The molecule has 1 atom stereocenters. The van der Waals surface area contributed by atoms with Crippen LogP contribution in [0, 0.1) is 0 Å². The standard InChI is InChI=1S/C14H16N2O2/c1-18-12-5-2-11(3-6-12)4-7-14(17)13-10-15-8-9-16-13/h2-3,5-6,8-10,14,17H,4,7H2,1H3. The fraction of sp³-hybridized carbons (Fsp3) is 0.286. The number of aliphatic hydroxyl groups excluding tert-OH is 1. The summed E-state index contributed by atoms with van der Waals surface area (Å²) >= 11 is 0. The number of aryl methyl sites for hydroxylation is 1. The number of ether oxygens (including phenoxy) is 1. The van der Waals surface area contributed by atoms with Crippen LogP contribution in [0.15, 0.2) is 42.9 Å². The quantitative estimate of drug-likeness (QED) is 0.875. The molecule has 2 aromatic rings. The molecule has 0 radical (unpaired) electrons. The van der Waals surface area contributed by atoms with Crippen LogP contribution in [0.2, 0.25) is 0 Å². The average molecular weight is 244 g/mol. The summed E-state index contributed by atoms with van der Waals surface area (Å²) in [7, 11) is 1.65. The maximum atomic E-state index is 9.96. The highest BCUT2D eigenvalue weighted by Gasteiger charge is 2.08. The van der Waals surface area contributed by atoms with Gasteiger partial charge in [-0.05, 0) is 30.5 Å². The van der Waals surface area contributed by atoms with Crippen molar-refractivity contribution < 1.29 is 9.84 Å². The highest BCUT2D eigenvalue weighted by Crippen LogP contribution is 2.18.